The van der Waals surface area contributed by atoms with Crippen LogP contribution >= 0.6 is 0 Å². The lowest BCUT2D eigenvalue weighted by atomic mass is 9.81. The maximum atomic E-state index is 11.5. The number of nitrogens with zero attached hydrogens (tertiary/aromatic N) is 1. The number of carbonyl (C=O) groups excluding carboxylic acids is 1. The lowest BCUT2D eigenvalue weighted by molar-refractivity contribution is -0.126. The highest BCUT2D eigenvalue weighted by atomic mass is 16.2. The highest BCUT2D eigenvalue weighted by molar-refractivity contribution is 5.88. The van der Waals surface area contributed by atoms with E-state index in [1.807, 2.05) is 6.92 Å². The molecule has 2 rings (SSSR count). The van der Waals surface area contributed by atoms with Gasteiger partial charge in [0.1, 0.15) is 5.41 Å². The zero-order valence-electron chi connectivity index (χ0n) is 7.13. The average molecular weight is 164 g/mol. The molecule has 0 aromatic heterocycles. The summed E-state index contributed by atoms with van der Waals surface area (Å²) >= 11 is 0. The molecule has 1 unspecified atom stereocenters. The number of carbonyl (C=O) groups is 1. The van der Waals surface area contributed by atoms with Crippen LogP contribution < -0.4 is 5.32 Å². The Morgan fingerprint density at radius 3 is 2.67 bits per heavy atom. The maximum Gasteiger partial charge on any atom is 0.241 e. The van der Waals surface area contributed by atoms with E-state index < -0.39 is 5.41 Å². The first-order chi connectivity index (χ1) is 5.69. The minimum atomic E-state index is -0.667. The predicted molar refractivity (Wildman–Crippen MR) is 43.0 cm³/mol. The van der Waals surface area contributed by atoms with E-state index in [4.69, 9.17) is 5.26 Å². The molecular weight excluding hydrogens is 152 g/mol. The third kappa shape index (κ3) is 0.842. The Labute approximate surface area is 71.8 Å². The SMILES string of the molecule is CC1C[C@](C#N)(C2CC2)C(=O)N1. The largest absolute Gasteiger partial charge is 0.352 e. The van der Waals surface area contributed by atoms with E-state index >= 15 is 0 Å². The van der Waals surface area contributed by atoms with E-state index in [0.717, 1.165) is 12.8 Å². The van der Waals surface area contributed by atoms with Crippen LogP contribution in [0, 0.1) is 22.7 Å². The van der Waals surface area contributed by atoms with Crippen molar-refractivity contribution in [1.29, 1.82) is 5.26 Å². The molecule has 1 N–H and O–H groups in total. The van der Waals surface area contributed by atoms with Gasteiger partial charge < -0.3 is 5.32 Å². The first-order valence-electron chi connectivity index (χ1n) is 4.41. The Kier molecular flexibility index (Phi) is 1.41. The fourth-order valence-corrected chi connectivity index (χ4v) is 2.10. The van der Waals surface area contributed by atoms with Crippen LogP contribution in [0.3, 0.4) is 0 Å². The second-order valence-corrected chi connectivity index (χ2v) is 3.94. The van der Waals surface area contributed by atoms with E-state index in [1.165, 1.54) is 0 Å². The molecule has 3 nitrogen and oxygen atoms in total. The van der Waals surface area contributed by atoms with Gasteiger partial charge in [-0.05, 0) is 32.1 Å². The standard InChI is InChI=1S/C9H12N2O/c1-6-4-9(5-10,7-2-3-7)8(12)11-6/h6-7H,2-4H2,1H3,(H,11,12)/t6?,9-/m0/s1. The molecular formula is C9H12N2O. The van der Waals surface area contributed by atoms with Crippen LogP contribution in [0.15, 0.2) is 0 Å². The van der Waals surface area contributed by atoms with Crippen LogP contribution in [0.1, 0.15) is 26.2 Å². The summed E-state index contributed by atoms with van der Waals surface area (Å²) in [4.78, 5) is 11.5. The molecule has 1 saturated carbocycles. The van der Waals surface area contributed by atoms with Gasteiger partial charge in [-0.25, -0.2) is 0 Å². The Hall–Kier alpha value is -1.04. The lowest BCUT2D eigenvalue weighted by Crippen LogP contribution is -2.32. The zero-order valence-corrected chi connectivity index (χ0v) is 7.13. The van der Waals surface area contributed by atoms with Crippen LogP contribution in [0.25, 0.3) is 0 Å². The predicted octanol–water partition coefficient (Wildman–Crippen LogP) is 0.815. The van der Waals surface area contributed by atoms with Crippen molar-refractivity contribution < 1.29 is 4.79 Å². The van der Waals surface area contributed by atoms with Gasteiger partial charge in [0.05, 0.1) is 6.07 Å². The Bertz CT molecular complexity index is 264. The molecule has 2 aliphatic rings. The molecule has 1 aliphatic carbocycles. The minimum Gasteiger partial charge on any atom is -0.352 e. The van der Waals surface area contributed by atoms with Gasteiger partial charge in [0, 0.05) is 6.04 Å². The summed E-state index contributed by atoms with van der Waals surface area (Å²) in [6.07, 6.45) is 2.80. The van der Waals surface area contributed by atoms with Crippen LogP contribution in [0.5, 0.6) is 0 Å². The third-order valence-electron chi connectivity index (χ3n) is 2.88. The maximum absolute atomic E-state index is 11.5. The van der Waals surface area contributed by atoms with Crippen LogP contribution in [-0.2, 0) is 4.79 Å². The first-order valence-corrected chi connectivity index (χ1v) is 4.41. The van der Waals surface area contributed by atoms with E-state index in [2.05, 4.69) is 11.4 Å². The quantitative estimate of drug-likeness (QED) is 0.623. The summed E-state index contributed by atoms with van der Waals surface area (Å²) in [6, 6.07) is 2.39. The van der Waals surface area contributed by atoms with E-state index in [0.29, 0.717) is 12.3 Å². The molecule has 64 valence electrons. The molecule has 2 fully saturated rings. The number of hydrogen-bond donors (Lipinski definition) is 1. The van der Waals surface area contributed by atoms with Gasteiger partial charge in [-0.3, -0.25) is 4.79 Å². The molecule has 0 spiro atoms. The molecule has 2 atom stereocenters. The summed E-state index contributed by atoms with van der Waals surface area (Å²) in [5, 5.41) is 11.8. The smallest absolute Gasteiger partial charge is 0.241 e. The molecule has 0 aromatic rings. The monoisotopic (exact) mass is 164 g/mol. The highest BCUT2D eigenvalue weighted by Crippen LogP contribution is 2.50. The molecule has 0 aromatic carbocycles. The van der Waals surface area contributed by atoms with Gasteiger partial charge >= 0.3 is 0 Å². The normalized spacial score (nSPS) is 40.7. The number of amides is 1. The molecule has 1 amide bonds. The molecule has 3 heteroatoms. The van der Waals surface area contributed by atoms with Gasteiger partial charge in [0.25, 0.3) is 0 Å². The van der Waals surface area contributed by atoms with E-state index in [-0.39, 0.29) is 11.9 Å². The van der Waals surface area contributed by atoms with Crippen molar-refractivity contribution in [2.75, 3.05) is 0 Å². The minimum absolute atomic E-state index is 0.0417. The summed E-state index contributed by atoms with van der Waals surface area (Å²) in [5.74, 6) is 0.299. The second-order valence-electron chi connectivity index (χ2n) is 3.94. The Balaban J connectivity index is 2.28. The van der Waals surface area contributed by atoms with Crippen molar-refractivity contribution in [2.45, 2.75) is 32.2 Å². The molecule has 1 saturated heterocycles. The van der Waals surface area contributed by atoms with Gasteiger partial charge in [-0.15, -0.1) is 0 Å². The van der Waals surface area contributed by atoms with Crippen molar-refractivity contribution in [1.82, 2.24) is 5.32 Å². The highest BCUT2D eigenvalue weighted by Gasteiger charge is 2.55. The van der Waals surface area contributed by atoms with Crippen molar-refractivity contribution >= 4 is 5.91 Å². The summed E-state index contributed by atoms with van der Waals surface area (Å²) in [5.41, 5.74) is -0.667. The molecule has 12 heavy (non-hydrogen) atoms. The number of nitrogens with one attached hydrogen (secondary N) is 1. The van der Waals surface area contributed by atoms with Crippen molar-refractivity contribution in [3.8, 4) is 6.07 Å². The topological polar surface area (TPSA) is 52.9 Å². The average Bonchev–Trinajstić information content (AvgIpc) is 2.79. The molecule has 1 heterocycles. The van der Waals surface area contributed by atoms with Crippen molar-refractivity contribution in [3.63, 3.8) is 0 Å². The fourth-order valence-electron chi connectivity index (χ4n) is 2.10. The summed E-state index contributed by atoms with van der Waals surface area (Å²) in [7, 11) is 0. The van der Waals surface area contributed by atoms with Crippen LogP contribution in [0.2, 0.25) is 0 Å². The van der Waals surface area contributed by atoms with Gasteiger partial charge in [0.15, 0.2) is 0 Å². The third-order valence-corrected chi connectivity index (χ3v) is 2.88. The van der Waals surface area contributed by atoms with E-state index in [1.54, 1.807) is 0 Å². The van der Waals surface area contributed by atoms with Crippen molar-refractivity contribution in [2.24, 2.45) is 11.3 Å². The van der Waals surface area contributed by atoms with Crippen LogP contribution in [-0.4, -0.2) is 11.9 Å². The molecule has 1 aliphatic heterocycles. The summed E-state index contributed by atoms with van der Waals surface area (Å²) < 4.78 is 0. The number of hydrogen-bond acceptors (Lipinski definition) is 2. The zero-order chi connectivity index (χ0) is 8.77. The van der Waals surface area contributed by atoms with Crippen molar-refractivity contribution in [3.05, 3.63) is 0 Å². The first kappa shape index (κ1) is 7.60. The molecule has 0 radical (unpaired) electrons. The second kappa shape index (κ2) is 2.22. The van der Waals surface area contributed by atoms with E-state index in [9.17, 15) is 4.79 Å². The van der Waals surface area contributed by atoms with Crippen LogP contribution in [0.4, 0.5) is 0 Å². The van der Waals surface area contributed by atoms with Gasteiger partial charge in [-0.1, -0.05) is 0 Å². The van der Waals surface area contributed by atoms with Gasteiger partial charge in [0.2, 0.25) is 5.91 Å². The van der Waals surface area contributed by atoms with Gasteiger partial charge in [-0.2, -0.15) is 5.26 Å². The summed E-state index contributed by atoms with van der Waals surface area (Å²) in [6.45, 7) is 1.96. The number of nitriles is 1. The fraction of sp³-hybridized carbons (Fsp3) is 0.778. The lowest BCUT2D eigenvalue weighted by Gasteiger charge is -2.15. The Morgan fingerprint density at radius 1 is 1.67 bits per heavy atom. The molecule has 0 bridgehead atoms. The Morgan fingerprint density at radius 2 is 2.33 bits per heavy atom. The number of rotatable bonds is 1.